The summed E-state index contributed by atoms with van der Waals surface area (Å²) in [7, 11) is 0. The van der Waals surface area contributed by atoms with Gasteiger partial charge < -0.3 is 18.9 Å². The molecule has 2 atom stereocenters. The van der Waals surface area contributed by atoms with Gasteiger partial charge in [-0.3, -0.25) is 0 Å². The van der Waals surface area contributed by atoms with E-state index in [1.54, 1.807) is 0 Å². The number of hydrogen-bond donors (Lipinski definition) is 0. The van der Waals surface area contributed by atoms with Crippen LogP contribution in [0.3, 0.4) is 0 Å². The van der Waals surface area contributed by atoms with E-state index in [9.17, 15) is 0 Å². The van der Waals surface area contributed by atoms with E-state index in [1.807, 2.05) is 24.3 Å². The van der Waals surface area contributed by atoms with Gasteiger partial charge in [-0.2, -0.15) is 0 Å². The molecule has 2 fully saturated rings. The maximum absolute atomic E-state index is 5.89. The first-order valence-electron chi connectivity index (χ1n) is 7.40. The number of ether oxygens (including phenoxy) is 4. The number of benzene rings is 2. The molecule has 4 heteroatoms. The number of fused-ring (bicyclic) bond motifs is 1. The highest BCUT2D eigenvalue weighted by Gasteiger charge is 2.23. The third-order valence-corrected chi connectivity index (χ3v) is 3.87. The monoisotopic (exact) mass is 286 g/mol. The second kappa shape index (κ2) is 5.54. The van der Waals surface area contributed by atoms with Crippen molar-refractivity contribution < 1.29 is 18.9 Å². The number of epoxide rings is 1. The Balaban J connectivity index is 1.50. The van der Waals surface area contributed by atoms with E-state index in [-0.39, 0.29) is 12.2 Å². The predicted octanol–water partition coefficient (Wildman–Crippen LogP) is 2.79. The largest absolute Gasteiger partial charge is 0.491 e. The molecule has 2 aliphatic rings. The van der Waals surface area contributed by atoms with Crippen molar-refractivity contribution in [1.29, 1.82) is 0 Å². The molecule has 0 radical (unpaired) electrons. The normalized spacial score (nSPS) is 23.6. The Morgan fingerprint density at radius 3 is 2.62 bits per heavy atom. The SMILES string of the molecule is c1cc(OCC2CCO2)c2ccc(OCC3CO3)cc2c1. The first-order chi connectivity index (χ1) is 10.4. The average molecular weight is 286 g/mol. The standard InChI is InChI=1S/C17H18O4/c1-2-12-8-13(19-10-15-11-20-15)4-5-16(12)17(3-1)21-9-14-6-7-18-14/h1-5,8,14-15H,6-7,9-11H2. The summed E-state index contributed by atoms with van der Waals surface area (Å²) in [4.78, 5) is 0. The van der Waals surface area contributed by atoms with Crippen molar-refractivity contribution >= 4 is 10.8 Å². The molecule has 4 rings (SSSR count). The minimum absolute atomic E-state index is 0.251. The van der Waals surface area contributed by atoms with E-state index in [4.69, 9.17) is 18.9 Å². The lowest BCUT2D eigenvalue weighted by Crippen LogP contribution is -2.32. The molecule has 0 aliphatic carbocycles. The van der Waals surface area contributed by atoms with Crippen LogP contribution in [-0.2, 0) is 9.47 Å². The Kier molecular flexibility index (Phi) is 3.41. The highest BCUT2D eigenvalue weighted by molar-refractivity contribution is 5.89. The smallest absolute Gasteiger partial charge is 0.127 e. The van der Waals surface area contributed by atoms with Gasteiger partial charge in [-0.15, -0.1) is 0 Å². The molecular formula is C17H18O4. The van der Waals surface area contributed by atoms with Crippen molar-refractivity contribution in [3.8, 4) is 11.5 Å². The summed E-state index contributed by atoms with van der Waals surface area (Å²) in [5, 5.41) is 2.23. The van der Waals surface area contributed by atoms with Gasteiger partial charge in [0, 0.05) is 18.4 Å². The second-order valence-corrected chi connectivity index (χ2v) is 5.50. The summed E-state index contributed by atoms with van der Waals surface area (Å²) in [6.45, 7) is 2.92. The molecule has 2 aliphatic heterocycles. The predicted molar refractivity (Wildman–Crippen MR) is 79.0 cm³/mol. The molecule has 0 N–H and O–H groups in total. The molecule has 2 heterocycles. The molecule has 0 aromatic heterocycles. The van der Waals surface area contributed by atoms with E-state index in [2.05, 4.69) is 12.1 Å². The molecule has 4 nitrogen and oxygen atoms in total. The summed E-state index contributed by atoms with van der Waals surface area (Å²) in [6, 6.07) is 12.2. The minimum Gasteiger partial charge on any atom is -0.491 e. The van der Waals surface area contributed by atoms with Gasteiger partial charge in [0.05, 0.1) is 12.7 Å². The molecule has 110 valence electrons. The maximum Gasteiger partial charge on any atom is 0.127 e. The summed E-state index contributed by atoms with van der Waals surface area (Å²) < 4.78 is 22.1. The zero-order chi connectivity index (χ0) is 14.1. The lowest BCUT2D eigenvalue weighted by atomic mass is 10.1. The summed E-state index contributed by atoms with van der Waals surface area (Å²) >= 11 is 0. The molecular weight excluding hydrogens is 268 g/mol. The zero-order valence-electron chi connectivity index (χ0n) is 11.8. The van der Waals surface area contributed by atoms with E-state index in [1.165, 1.54) is 0 Å². The van der Waals surface area contributed by atoms with Crippen molar-refractivity contribution in [2.24, 2.45) is 0 Å². The van der Waals surface area contributed by atoms with Crippen LogP contribution in [0, 0.1) is 0 Å². The summed E-state index contributed by atoms with van der Waals surface area (Å²) in [5.41, 5.74) is 0. The second-order valence-electron chi connectivity index (χ2n) is 5.50. The Bertz CT molecular complexity index is 632. The van der Waals surface area contributed by atoms with Crippen LogP contribution in [0.25, 0.3) is 10.8 Å². The molecule has 0 saturated carbocycles. The van der Waals surface area contributed by atoms with Gasteiger partial charge in [-0.25, -0.2) is 0 Å². The van der Waals surface area contributed by atoms with Gasteiger partial charge in [0.2, 0.25) is 0 Å². The Hall–Kier alpha value is -1.78. The van der Waals surface area contributed by atoms with Crippen LogP contribution < -0.4 is 9.47 Å². The van der Waals surface area contributed by atoms with Crippen LogP contribution >= 0.6 is 0 Å². The fraction of sp³-hybridized carbons (Fsp3) is 0.412. The molecule has 21 heavy (non-hydrogen) atoms. The molecule has 0 amide bonds. The first kappa shape index (κ1) is 12.9. The lowest BCUT2D eigenvalue weighted by Gasteiger charge is -2.26. The quantitative estimate of drug-likeness (QED) is 0.766. The minimum atomic E-state index is 0.251. The molecule has 2 saturated heterocycles. The van der Waals surface area contributed by atoms with E-state index in [0.29, 0.717) is 13.2 Å². The van der Waals surface area contributed by atoms with E-state index < -0.39 is 0 Å². The van der Waals surface area contributed by atoms with Crippen molar-refractivity contribution in [2.45, 2.75) is 18.6 Å². The molecule has 2 aromatic rings. The molecule has 2 unspecified atom stereocenters. The van der Waals surface area contributed by atoms with Crippen LogP contribution in [0.5, 0.6) is 11.5 Å². The summed E-state index contributed by atoms with van der Waals surface area (Å²) in [5.74, 6) is 1.78. The van der Waals surface area contributed by atoms with Gasteiger partial charge in [0.15, 0.2) is 0 Å². The average Bonchev–Trinajstić information content (AvgIpc) is 3.27. The first-order valence-corrected chi connectivity index (χ1v) is 7.40. The van der Waals surface area contributed by atoms with Crippen molar-refractivity contribution in [2.75, 3.05) is 26.4 Å². The van der Waals surface area contributed by atoms with Gasteiger partial charge in [-0.05, 0) is 29.7 Å². The third kappa shape index (κ3) is 2.96. The van der Waals surface area contributed by atoms with Crippen LogP contribution in [0.15, 0.2) is 36.4 Å². The Morgan fingerprint density at radius 2 is 1.86 bits per heavy atom. The Morgan fingerprint density at radius 1 is 1.00 bits per heavy atom. The van der Waals surface area contributed by atoms with Gasteiger partial charge in [0.1, 0.15) is 30.8 Å². The number of rotatable bonds is 6. The fourth-order valence-electron chi connectivity index (χ4n) is 2.40. The topological polar surface area (TPSA) is 40.2 Å². The Labute approximate surface area is 123 Å². The molecule has 2 aromatic carbocycles. The fourth-order valence-corrected chi connectivity index (χ4v) is 2.40. The highest BCUT2D eigenvalue weighted by Crippen LogP contribution is 2.29. The highest BCUT2D eigenvalue weighted by atomic mass is 16.6. The zero-order valence-corrected chi connectivity index (χ0v) is 11.8. The van der Waals surface area contributed by atoms with Crippen LogP contribution in [0.2, 0.25) is 0 Å². The van der Waals surface area contributed by atoms with Gasteiger partial charge >= 0.3 is 0 Å². The molecule has 0 spiro atoms. The van der Waals surface area contributed by atoms with Crippen molar-refractivity contribution in [3.63, 3.8) is 0 Å². The van der Waals surface area contributed by atoms with Crippen LogP contribution in [0.4, 0.5) is 0 Å². The maximum atomic E-state index is 5.89. The van der Waals surface area contributed by atoms with Gasteiger partial charge in [-0.1, -0.05) is 12.1 Å². The van der Waals surface area contributed by atoms with Crippen LogP contribution in [-0.4, -0.2) is 38.6 Å². The lowest BCUT2D eigenvalue weighted by molar-refractivity contribution is -0.0718. The summed E-state index contributed by atoms with van der Waals surface area (Å²) in [6.07, 6.45) is 1.62. The number of hydrogen-bond acceptors (Lipinski definition) is 4. The third-order valence-electron chi connectivity index (χ3n) is 3.87. The molecule has 0 bridgehead atoms. The van der Waals surface area contributed by atoms with E-state index >= 15 is 0 Å². The van der Waals surface area contributed by atoms with E-state index in [0.717, 1.165) is 41.9 Å². The van der Waals surface area contributed by atoms with Crippen molar-refractivity contribution in [3.05, 3.63) is 36.4 Å². The van der Waals surface area contributed by atoms with Crippen LogP contribution in [0.1, 0.15) is 6.42 Å². The van der Waals surface area contributed by atoms with Gasteiger partial charge in [0.25, 0.3) is 0 Å². The van der Waals surface area contributed by atoms with Crippen molar-refractivity contribution in [1.82, 2.24) is 0 Å².